The molecule has 1 N–H and O–H groups in total. The smallest absolute Gasteiger partial charge is 0.253 e. The van der Waals surface area contributed by atoms with Crippen molar-refractivity contribution < 1.29 is 14.3 Å². The van der Waals surface area contributed by atoms with Crippen molar-refractivity contribution in [2.75, 3.05) is 53.0 Å². The number of carbonyl (C=O) groups is 2. The Balaban J connectivity index is 1.86. The van der Waals surface area contributed by atoms with E-state index in [0.29, 0.717) is 17.7 Å². The monoisotopic (exact) mass is 347 g/mol. The molecule has 0 atom stereocenters. The lowest BCUT2D eigenvalue weighted by Gasteiger charge is -2.26. The van der Waals surface area contributed by atoms with Crippen molar-refractivity contribution in [3.63, 3.8) is 0 Å². The Labute approximate surface area is 150 Å². The van der Waals surface area contributed by atoms with E-state index < -0.39 is 0 Å². The van der Waals surface area contributed by atoms with E-state index in [0.717, 1.165) is 52.2 Å². The van der Waals surface area contributed by atoms with Crippen LogP contribution in [0.15, 0.2) is 24.3 Å². The Morgan fingerprint density at radius 3 is 2.68 bits per heavy atom. The fourth-order valence-electron chi connectivity index (χ4n) is 2.77. The van der Waals surface area contributed by atoms with Crippen LogP contribution in [0.1, 0.15) is 40.5 Å². The van der Waals surface area contributed by atoms with Gasteiger partial charge in [0, 0.05) is 50.9 Å². The summed E-state index contributed by atoms with van der Waals surface area (Å²) in [5.74, 6) is -0.185. The Bertz CT molecular complexity index is 571. The van der Waals surface area contributed by atoms with Gasteiger partial charge >= 0.3 is 0 Å². The second-order valence-electron chi connectivity index (χ2n) is 6.37. The first-order chi connectivity index (χ1) is 12.1. The SMILES string of the molecule is CCCCN(C)C(=O)c1cccc(C(=O)NCCN2CCOCC2)c1. The number of unbranched alkanes of at least 4 members (excludes halogenated alkanes) is 1. The van der Waals surface area contributed by atoms with Crippen LogP contribution in [0, 0.1) is 0 Å². The molecule has 0 aliphatic carbocycles. The summed E-state index contributed by atoms with van der Waals surface area (Å²) >= 11 is 0. The Morgan fingerprint density at radius 1 is 1.24 bits per heavy atom. The number of hydrogen-bond acceptors (Lipinski definition) is 4. The molecule has 0 saturated carbocycles. The Morgan fingerprint density at radius 2 is 1.96 bits per heavy atom. The predicted octanol–water partition coefficient (Wildman–Crippen LogP) is 1.62. The van der Waals surface area contributed by atoms with E-state index in [1.165, 1.54) is 0 Å². The number of carbonyl (C=O) groups excluding carboxylic acids is 2. The van der Waals surface area contributed by atoms with Crippen LogP contribution in [0.2, 0.25) is 0 Å². The van der Waals surface area contributed by atoms with Gasteiger partial charge in [0.05, 0.1) is 13.2 Å². The van der Waals surface area contributed by atoms with Crippen molar-refractivity contribution in [2.45, 2.75) is 19.8 Å². The first kappa shape index (κ1) is 19.4. The van der Waals surface area contributed by atoms with Crippen LogP contribution < -0.4 is 5.32 Å². The highest BCUT2D eigenvalue weighted by atomic mass is 16.5. The molecule has 0 bridgehead atoms. The van der Waals surface area contributed by atoms with Crippen LogP contribution in [-0.2, 0) is 4.74 Å². The highest BCUT2D eigenvalue weighted by Gasteiger charge is 2.14. The summed E-state index contributed by atoms with van der Waals surface area (Å²) < 4.78 is 5.31. The van der Waals surface area contributed by atoms with Crippen molar-refractivity contribution in [1.29, 1.82) is 0 Å². The maximum Gasteiger partial charge on any atom is 0.253 e. The van der Waals surface area contributed by atoms with Gasteiger partial charge in [0.2, 0.25) is 0 Å². The third-order valence-corrected chi connectivity index (χ3v) is 4.38. The molecule has 25 heavy (non-hydrogen) atoms. The molecule has 6 heteroatoms. The van der Waals surface area contributed by atoms with Gasteiger partial charge in [-0.05, 0) is 24.6 Å². The molecule has 0 unspecified atom stereocenters. The van der Waals surface area contributed by atoms with Gasteiger partial charge in [0.15, 0.2) is 0 Å². The topological polar surface area (TPSA) is 61.9 Å². The number of hydrogen-bond donors (Lipinski definition) is 1. The van der Waals surface area contributed by atoms with Gasteiger partial charge in [0.1, 0.15) is 0 Å². The lowest BCUT2D eigenvalue weighted by atomic mass is 10.1. The first-order valence-electron chi connectivity index (χ1n) is 9.05. The standard InChI is InChI=1S/C19H29N3O3/c1-3-4-9-21(2)19(24)17-7-5-6-16(15-17)18(23)20-8-10-22-11-13-25-14-12-22/h5-7,15H,3-4,8-14H2,1-2H3,(H,20,23). The van der Waals surface area contributed by atoms with Crippen molar-refractivity contribution in [2.24, 2.45) is 0 Å². The van der Waals surface area contributed by atoms with E-state index in [1.807, 2.05) is 0 Å². The molecule has 0 spiro atoms. The minimum atomic E-state index is -0.140. The molecular formula is C19H29N3O3. The minimum absolute atomic E-state index is 0.0450. The second kappa shape index (κ2) is 10.2. The highest BCUT2D eigenvalue weighted by molar-refractivity contribution is 5.99. The summed E-state index contributed by atoms with van der Waals surface area (Å²) in [7, 11) is 1.80. The number of rotatable bonds is 8. The molecule has 1 aromatic carbocycles. The van der Waals surface area contributed by atoms with Crippen molar-refractivity contribution in [3.8, 4) is 0 Å². The summed E-state index contributed by atoms with van der Waals surface area (Å²) in [6.07, 6.45) is 2.02. The van der Waals surface area contributed by atoms with Crippen LogP contribution in [-0.4, -0.2) is 74.6 Å². The van der Waals surface area contributed by atoms with Crippen molar-refractivity contribution >= 4 is 11.8 Å². The molecule has 1 aliphatic rings. The molecule has 0 radical (unpaired) electrons. The number of ether oxygens (including phenoxy) is 1. The van der Waals surface area contributed by atoms with Crippen LogP contribution in [0.5, 0.6) is 0 Å². The minimum Gasteiger partial charge on any atom is -0.379 e. The van der Waals surface area contributed by atoms with Gasteiger partial charge in [-0.3, -0.25) is 14.5 Å². The van der Waals surface area contributed by atoms with Gasteiger partial charge < -0.3 is 15.0 Å². The number of amides is 2. The summed E-state index contributed by atoms with van der Waals surface area (Å²) in [5.41, 5.74) is 1.08. The lowest BCUT2D eigenvalue weighted by Crippen LogP contribution is -2.41. The van der Waals surface area contributed by atoms with Crippen molar-refractivity contribution in [3.05, 3.63) is 35.4 Å². The highest BCUT2D eigenvalue weighted by Crippen LogP contribution is 2.09. The zero-order valence-electron chi connectivity index (χ0n) is 15.3. The predicted molar refractivity (Wildman–Crippen MR) is 97.9 cm³/mol. The molecule has 1 fully saturated rings. The molecule has 138 valence electrons. The molecule has 1 saturated heterocycles. The van der Waals surface area contributed by atoms with E-state index in [4.69, 9.17) is 4.74 Å². The molecule has 1 heterocycles. The maximum absolute atomic E-state index is 12.4. The van der Waals surface area contributed by atoms with E-state index in [9.17, 15) is 9.59 Å². The van der Waals surface area contributed by atoms with Crippen LogP contribution in [0.4, 0.5) is 0 Å². The molecule has 1 aromatic rings. The van der Waals surface area contributed by atoms with E-state index in [-0.39, 0.29) is 11.8 Å². The summed E-state index contributed by atoms with van der Waals surface area (Å²) in [5, 5.41) is 2.93. The van der Waals surface area contributed by atoms with Crippen molar-refractivity contribution in [1.82, 2.24) is 15.1 Å². The molecule has 1 aliphatic heterocycles. The van der Waals surface area contributed by atoms with Gasteiger partial charge in [-0.2, -0.15) is 0 Å². The summed E-state index contributed by atoms with van der Waals surface area (Å²) in [6.45, 7) is 7.55. The number of benzene rings is 1. The summed E-state index contributed by atoms with van der Waals surface area (Å²) in [4.78, 5) is 28.7. The fraction of sp³-hybridized carbons (Fsp3) is 0.579. The lowest BCUT2D eigenvalue weighted by molar-refractivity contribution is 0.0383. The van der Waals surface area contributed by atoms with E-state index in [1.54, 1.807) is 36.2 Å². The fourth-order valence-corrected chi connectivity index (χ4v) is 2.77. The van der Waals surface area contributed by atoms with E-state index >= 15 is 0 Å². The Hall–Kier alpha value is -1.92. The molecule has 6 nitrogen and oxygen atoms in total. The first-order valence-corrected chi connectivity index (χ1v) is 9.05. The van der Waals surface area contributed by atoms with Crippen LogP contribution in [0.25, 0.3) is 0 Å². The Kier molecular flexibility index (Phi) is 7.88. The average Bonchev–Trinajstić information content (AvgIpc) is 2.66. The third-order valence-electron chi connectivity index (χ3n) is 4.38. The number of nitrogens with one attached hydrogen (secondary N) is 1. The van der Waals surface area contributed by atoms with Gasteiger partial charge in [0.25, 0.3) is 11.8 Å². The third kappa shape index (κ3) is 6.14. The largest absolute Gasteiger partial charge is 0.379 e. The zero-order chi connectivity index (χ0) is 18.1. The van der Waals surface area contributed by atoms with Crippen LogP contribution in [0.3, 0.4) is 0 Å². The normalized spacial score (nSPS) is 15.0. The summed E-state index contributed by atoms with van der Waals surface area (Å²) in [6, 6.07) is 6.94. The molecule has 0 aromatic heterocycles. The quantitative estimate of drug-likeness (QED) is 0.776. The molecule has 2 rings (SSSR count). The number of morpholine rings is 1. The molecule has 2 amide bonds. The molecular weight excluding hydrogens is 318 g/mol. The van der Waals surface area contributed by atoms with Gasteiger partial charge in [-0.25, -0.2) is 0 Å². The average molecular weight is 347 g/mol. The van der Waals surface area contributed by atoms with Crippen LogP contribution >= 0.6 is 0 Å². The second-order valence-corrected chi connectivity index (χ2v) is 6.37. The zero-order valence-corrected chi connectivity index (χ0v) is 15.3. The van der Waals surface area contributed by atoms with Gasteiger partial charge in [-0.15, -0.1) is 0 Å². The van der Waals surface area contributed by atoms with E-state index in [2.05, 4.69) is 17.1 Å². The maximum atomic E-state index is 12.4. The van der Waals surface area contributed by atoms with Gasteiger partial charge in [-0.1, -0.05) is 19.4 Å². The number of nitrogens with zero attached hydrogens (tertiary/aromatic N) is 2.